The number of primary amides is 2. The minimum Gasteiger partial charge on any atom is -0.442 e. The quantitative estimate of drug-likeness (QED) is 0.195. The minimum atomic E-state index is -1.78. The molecule has 4 N–H and O–H groups in total. The lowest BCUT2D eigenvalue weighted by molar-refractivity contribution is -0.155. The largest absolute Gasteiger partial charge is 0.442 e. The third-order valence-corrected chi connectivity index (χ3v) is 6.71. The van der Waals surface area contributed by atoms with Crippen LogP contribution in [0.5, 0.6) is 0 Å². The van der Waals surface area contributed by atoms with Crippen LogP contribution in [0.3, 0.4) is 0 Å². The van der Waals surface area contributed by atoms with Crippen LogP contribution in [0.2, 0.25) is 0 Å². The van der Waals surface area contributed by atoms with Crippen molar-refractivity contribution in [2.75, 3.05) is 39.5 Å². The summed E-state index contributed by atoms with van der Waals surface area (Å²) in [6, 6.07) is 7.38. The number of benzene rings is 1. The van der Waals surface area contributed by atoms with E-state index in [1.165, 1.54) is 0 Å². The smallest absolute Gasteiger partial charge is 0.404 e. The second kappa shape index (κ2) is 16.5. The average Bonchev–Trinajstić information content (AvgIpc) is 2.94. The molecule has 0 radical (unpaired) electrons. The van der Waals surface area contributed by atoms with Crippen LogP contribution in [0.4, 0.5) is 14.4 Å². The number of hydrogen-bond acceptors (Lipinski definition) is 9. The molecule has 41 heavy (non-hydrogen) atoms. The molecule has 0 spiro atoms. The van der Waals surface area contributed by atoms with Crippen LogP contribution >= 0.6 is 0 Å². The molecule has 228 valence electrons. The number of barbiturate groups is 1. The number of hydrogen-bond donors (Lipinski definition) is 2. The Kier molecular flexibility index (Phi) is 13.5. The minimum absolute atomic E-state index is 0.0116. The molecule has 13 nitrogen and oxygen atoms in total. The van der Waals surface area contributed by atoms with Crippen molar-refractivity contribution in [1.82, 2.24) is 9.80 Å². The highest BCUT2D eigenvalue weighted by Gasteiger charge is 2.58. The van der Waals surface area contributed by atoms with Gasteiger partial charge in [0.05, 0.1) is 26.3 Å². The SMILES string of the molecule is CCCCOC[C@H](CN1C(=O)N(C[C@H](COCCCC)OC(N)=O)C(=O)C(CC)(c2ccccc2)C1=O)OC(N)=O. The first-order valence-corrected chi connectivity index (χ1v) is 13.9. The van der Waals surface area contributed by atoms with Crippen molar-refractivity contribution >= 4 is 30.0 Å². The molecular weight excluding hydrogens is 536 g/mol. The van der Waals surface area contributed by atoms with E-state index in [1.807, 2.05) is 13.8 Å². The number of nitrogens with two attached hydrogens (primary N) is 2. The molecule has 1 fully saturated rings. The summed E-state index contributed by atoms with van der Waals surface area (Å²) in [6.07, 6.45) is -1.14. The van der Waals surface area contributed by atoms with Gasteiger partial charge in [-0.05, 0) is 24.8 Å². The fourth-order valence-corrected chi connectivity index (χ4v) is 4.58. The van der Waals surface area contributed by atoms with Crippen LogP contribution in [0.1, 0.15) is 58.4 Å². The van der Waals surface area contributed by atoms with Gasteiger partial charge in [-0.1, -0.05) is 63.9 Å². The first-order chi connectivity index (χ1) is 19.6. The van der Waals surface area contributed by atoms with Gasteiger partial charge in [0.2, 0.25) is 0 Å². The van der Waals surface area contributed by atoms with Crippen LogP contribution in [-0.2, 0) is 34.0 Å². The fourth-order valence-electron chi connectivity index (χ4n) is 4.58. The molecule has 1 unspecified atom stereocenters. The molecule has 1 heterocycles. The van der Waals surface area contributed by atoms with Gasteiger partial charge in [-0.15, -0.1) is 0 Å². The van der Waals surface area contributed by atoms with Crippen molar-refractivity contribution in [3.8, 4) is 0 Å². The van der Waals surface area contributed by atoms with E-state index in [9.17, 15) is 24.0 Å². The standard InChI is InChI=1S/C28H42N4O9/c1-4-7-14-38-18-21(40-25(29)35)16-31-23(33)28(6-3,20-12-10-9-11-13-20)24(34)32(27(31)37)17-22(41-26(30)36)19-39-15-8-5-2/h9-13,21-22H,4-8,14-19H2,1-3H3,(H2,29,35)(H2,30,36)/t21-,22+,28?. The predicted molar refractivity (Wildman–Crippen MR) is 148 cm³/mol. The zero-order valence-corrected chi connectivity index (χ0v) is 24.0. The third kappa shape index (κ3) is 8.89. The van der Waals surface area contributed by atoms with Gasteiger partial charge >= 0.3 is 18.2 Å². The van der Waals surface area contributed by atoms with Gasteiger partial charge < -0.3 is 30.4 Å². The lowest BCUT2D eigenvalue weighted by Gasteiger charge is -2.45. The summed E-state index contributed by atoms with van der Waals surface area (Å²) in [4.78, 5) is 66.9. The van der Waals surface area contributed by atoms with E-state index in [-0.39, 0.29) is 19.6 Å². The number of ether oxygens (including phenoxy) is 4. The van der Waals surface area contributed by atoms with Crippen LogP contribution in [-0.4, -0.2) is 91.6 Å². The van der Waals surface area contributed by atoms with Gasteiger partial charge in [-0.25, -0.2) is 14.4 Å². The molecule has 1 aliphatic rings. The molecule has 1 aromatic rings. The van der Waals surface area contributed by atoms with Crippen molar-refractivity contribution in [2.45, 2.75) is 70.5 Å². The van der Waals surface area contributed by atoms with Gasteiger partial charge in [-0.3, -0.25) is 19.4 Å². The molecular formula is C28H42N4O9. The summed E-state index contributed by atoms with van der Waals surface area (Å²) >= 11 is 0. The maximum Gasteiger partial charge on any atom is 0.404 e. The number of urea groups is 1. The number of carbonyl (C=O) groups is 5. The molecule has 2 rings (SSSR count). The van der Waals surface area contributed by atoms with E-state index >= 15 is 0 Å². The first-order valence-electron chi connectivity index (χ1n) is 13.9. The summed E-state index contributed by atoms with van der Waals surface area (Å²) in [5.41, 5.74) is 9.10. The topological polar surface area (TPSA) is 181 Å². The van der Waals surface area contributed by atoms with Gasteiger partial charge in [-0.2, -0.15) is 0 Å². The lowest BCUT2D eigenvalue weighted by Crippen LogP contribution is -2.69. The van der Waals surface area contributed by atoms with E-state index in [0.29, 0.717) is 18.8 Å². The third-order valence-electron chi connectivity index (χ3n) is 6.71. The zero-order chi connectivity index (χ0) is 30.4. The fraction of sp³-hybridized carbons (Fsp3) is 0.607. The maximum absolute atomic E-state index is 14.1. The zero-order valence-electron chi connectivity index (χ0n) is 24.0. The van der Waals surface area contributed by atoms with Crippen LogP contribution in [0.15, 0.2) is 30.3 Å². The van der Waals surface area contributed by atoms with Gasteiger partial charge in [0.25, 0.3) is 11.8 Å². The molecule has 0 bridgehead atoms. The number of rotatable bonds is 18. The van der Waals surface area contributed by atoms with Crippen molar-refractivity contribution in [1.29, 1.82) is 0 Å². The molecule has 0 aliphatic carbocycles. The summed E-state index contributed by atoms with van der Waals surface area (Å²) in [5, 5.41) is 0. The van der Waals surface area contributed by atoms with Gasteiger partial charge in [0, 0.05) is 13.2 Å². The monoisotopic (exact) mass is 578 g/mol. The van der Waals surface area contributed by atoms with E-state index < -0.39 is 60.7 Å². The van der Waals surface area contributed by atoms with Crippen molar-refractivity contribution in [2.24, 2.45) is 11.5 Å². The van der Waals surface area contributed by atoms with E-state index in [2.05, 4.69) is 0 Å². The molecule has 0 aromatic heterocycles. The lowest BCUT2D eigenvalue weighted by atomic mass is 9.74. The predicted octanol–water partition coefficient (Wildman–Crippen LogP) is 2.69. The highest BCUT2D eigenvalue weighted by atomic mass is 16.6. The van der Waals surface area contributed by atoms with E-state index in [4.69, 9.17) is 30.4 Å². The van der Waals surface area contributed by atoms with E-state index in [1.54, 1.807) is 37.3 Å². The van der Waals surface area contributed by atoms with E-state index in [0.717, 1.165) is 35.5 Å². The Morgan fingerprint density at radius 3 is 1.59 bits per heavy atom. The first kappa shape index (κ1) is 33.5. The Morgan fingerprint density at radius 2 is 1.22 bits per heavy atom. The normalized spacial score (nSPS) is 18.8. The van der Waals surface area contributed by atoms with Crippen LogP contribution < -0.4 is 11.5 Å². The molecule has 13 heteroatoms. The number of amides is 6. The average molecular weight is 579 g/mol. The molecule has 1 saturated heterocycles. The summed E-state index contributed by atoms with van der Waals surface area (Å²) in [7, 11) is 0. The number of unbranched alkanes of at least 4 members (excludes halogenated alkanes) is 2. The summed E-state index contributed by atoms with van der Waals surface area (Å²) < 4.78 is 21.5. The van der Waals surface area contributed by atoms with Crippen molar-refractivity contribution < 1.29 is 42.9 Å². The molecule has 1 aromatic carbocycles. The van der Waals surface area contributed by atoms with Gasteiger partial charge in [0.1, 0.15) is 12.2 Å². The van der Waals surface area contributed by atoms with Crippen molar-refractivity contribution in [3.63, 3.8) is 0 Å². The molecule has 6 amide bonds. The Morgan fingerprint density at radius 1 is 0.780 bits per heavy atom. The number of carbonyl (C=O) groups excluding carboxylic acids is 5. The van der Waals surface area contributed by atoms with Crippen LogP contribution in [0, 0.1) is 0 Å². The van der Waals surface area contributed by atoms with Crippen molar-refractivity contribution in [3.05, 3.63) is 35.9 Å². The number of nitrogens with zero attached hydrogens (tertiary/aromatic N) is 2. The number of imide groups is 2. The Labute approximate surface area is 240 Å². The molecule has 1 aliphatic heterocycles. The molecule has 0 saturated carbocycles. The Balaban J connectivity index is 2.49. The maximum atomic E-state index is 14.1. The second-order valence-corrected chi connectivity index (χ2v) is 9.71. The Bertz CT molecular complexity index is 981. The highest BCUT2D eigenvalue weighted by Crippen LogP contribution is 2.37. The second-order valence-electron chi connectivity index (χ2n) is 9.71. The summed E-state index contributed by atoms with van der Waals surface area (Å²) in [6.45, 7) is 5.27. The summed E-state index contributed by atoms with van der Waals surface area (Å²) in [5.74, 6) is -1.56. The highest BCUT2D eigenvalue weighted by molar-refractivity contribution is 6.22. The van der Waals surface area contributed by atoms with Crippen LogP contribution in [0.25, 0.3) is 0 Å². The Hall–Kier alpha value is -3.71. The molecule has 3 atom stereocenters. The van der Waals surface area contributed by atoms with Gasteiger partial charge in [0.15, 0.2) is 5.41 Å².